The van der Waals surface area contributed by atoms with Gasteiger partial charge in [0, 0.05) is 12.4 Å². The Kier molecular flexibility index (Phi) is 9.67. The maximum atomic E-state index is 11.5. The average Bonchev–Trinajstić information content (AvgIpc) is 3.59. The van der Waals surface area contributed by atoms with Crippen LogP contribution in [0.2, 0.25) is 0 Å². The van der Waals surface area contributed by atoms with Crippen molar-refractivity contribution in [2.75, 3.05) is 0 Å². The van der Waals surface area contributed by atoms with Crippen LogP contribution in [-0.4, -0.2) is 29.1 Å². The van der Waals surface area contributed by atoms with E-state index in [-0.39, 0.29) is 65.7 Å². The van der Waals surface area contributed by atoms with Gasteiger partial charge in [-0.3, -0.25) is 4.79 Å². The molecule has 5 heterocycles. The fourth-order valence-corrected chi connectivity index (χ4v) is 6.62. The number of carbonyl (C=O) groups excluding carboxylic acids is 1. The van der Waals surface area contributed by atoms with Crippen molar-refractivity contribution in [1.82, 2.24) is 9.97 Å². The van der Waals surface area contributed by atoms with E-state index in [0.717, 1.165) is 50.0 Å². The first kappa shape index (κ1) is 32.2. The van der Waals surface area contributed by atoms with Crippen molar-refractivity contribution in [2.45, 2.75) is 65.5 Å². The quantitative estimate of drug-likeness (QED) is 0.354. The summed E-state index contributed by atoms with van der Waals surface area (Å²) in [7, 11) is 0. The fraction of sp³-hybridized carbons (Fsp3) is 0.412. The Bertz CT molecular complexity index is 1630. The van der Waals surface area contributed by atoms with Crippen molar-refractivity contribution in [2.24, 2.45) is 23.7 Å². The van der Waals surface area contributed by atoms with Crippen LogP contribution in [0.4, 0.5) is 0 Å². The molecule has 8 nitrogen and oxygen atoms in total. The molecule has 2 saturated heterocycles. The van der Waals surface area contributed by atoms with E-state index in [1.54, 1.807) is 0 Å². The van der Waals surface area contributed by atoms with Crippen LogP contribution in [0.15, 0.2) is 30.6 Å². The molecular weight excluding hydrogens is 584 g/mol. The van der Waals surface area contributed by atoms with Crippen LogP contribution in [0.3, 0.4) is 0 Å². The number of carboxylic acid groups (broad SMARTS) is 2. The minimum atomic E-state index is -1.10. The number of carboxylic acids is 2. The Balaban J connectivity index is 0.00000423. The van der Waals surface area contributed by atoms with Crippen LogP contribution in [0.5, 0.6) is 0 Å². The van der Waals surface area contributed by atoms with Gasteiger partial charge in [0.25, 0.3) is 0 Å². The molecule has 1 N–H and O–H groups in total. The summed E-state index contributed by atoms with van der Waals surface area (Å²) in [6.07, 6.45) is 12.4. The molecule has 2 aromatic heterocycles. The molecule has 0 aromatic carbocycles. The number of hydrogen-bond acceptors (Lipinski definition) is 3. The smallest absolute Gasteiger partial charge is 0.682 e. The van der Waals surface area contributed by atoms with E-state index in [1.807, 2.05) is 38.2 Å². The Morgan fingerprint density at radius 1 is 0.930 bits per heavy atom. The van der Waals surface area contributed by atoms with Crippen LogP contribution in [0.1, 0.15) is 66.8 Å². The number of allylic oxidation sites excluding steroid dienone is 2. The van der Waals surface area contributed by atoms with Gasteiger partial charge in [-0.1, -0.05) is 73.5 Å². The van der Waals surface area contributed by atoms with Gasteiger partial charge < -0.3 is 35.6 Å². The van der Waals surface area contributed by atoms with Crippen LogP contribution in [0, 0.1) is 37.5 Å². The van der Waals surface area contributed by atoms with Gasteiger partial charge in [0.1, 0.15) is 0 Å². The molecular formula is C34H37FeN4O4-. The summed E-state index contributed by atoms with van der Waals surface area (Å²) < 4.78 is 0. The maximum absolute atomic E-state index is 11.5. The van der Waals surface area contributed by atoms with E-state index in [4.69, 9.17) is 20.6 Å². The molecule has 2 fully saturated rings. The van der Waals surface area contributed by atoms with Gasteiger partial charge in [-0.05, 0) is 62.3 Å². The number of rotatable bonds is 8. The number of hydrogen-bond donors (Lipinski definition) is 1. The Labute approximate surface area is 263 Å². The minimum absolute atomic E-state index is 0. The molecule has 5 rings (SSSR count). The third-order valence-corrected chi connectivity index (χ3v) is 9.22. The second-order valence-corrected chi connectivity index (χ2v) is 11.7. The number of aliphatic carboxylic acids is 2. The van der Waals surface area contributed by atoms with Crippen molar-refractivity contribution in [3.63, 3.8) is 0 Å². The van der Waals surface area contributed by atoms with E-state index >= 15 is 0 Å². The Morgan fingerprint density at radius 2 is 1.58 bits per heavy atom. The molecule has 0 spiro atoms. The average molecular weight is 622 g/mol. The zero-order valence-electron chi connectivity index (χ0n) is 25.0. The van der Waals surface area contributed by atoms with Gasteiger partial charge >= 0.3 is 23.0 Å². The summed E-state index contributed by atoms with van der Waals surface area (Å²) in [5.41, 5.74) is 6.78. The van der Waals surface area contributed by atoms with Gasteiger partial charge in [-0.2, -0.15) is 11.4 Å². The van der Waals surface area contributed by atoms with Crippen molar-refractivity contribution >= 4 is 42.3 Å². The largest absolute Gasteiger partial charge is 4.00 e. The van der Waals surface area contributed by atoms with E-state index in [2.05, 4.69) is 39.2 Å². The first-order valence-corrected chi connectivity index (χ1v) is 14.6. The van der Waals surface area contributed by atoms with Crippen LogP contribution < -0.4 is 25.8 Å². The van der Waals surface area contributed by atoms with Crippen molar-refractivity contribution in [3.05, 3.63) is 85.6 Å². The first-order chi connectivity index (χ1) is 20.0. The van der Waals surface area contributed by atoms with E-state index in [0.29, 0.717) is 18.5 Å². The molecule has 0 aliphatic carbocycles. The molecule has 9 heteroatoms. The summed E-state index contributed by atoms with van der Waals surface area (Å²) in [5, 5.41) is 32.7. The number of fused-ring (bicyclic) bond motifs is 8. The third-order valence-electron chi connectivity index (χ3n) is 9.22. The predicted molar refractivity (Wildman–Crippen MR) is 163 cm³/mol. The van der Waals surface area contributed by atoms with Gasteiger partial charge in [0.15, 0.2) is 0 Å². The second kappa shape index (κ2) is 12.9. The second-order valence-electron chi connectivity index (χ2n) is 11.7. The zero-order valence-corrected chi connectivity index (χ0v) is 26.1. The Hall–Kier alpha value is -3.68. The van der Waals surface area contributed by atoms with E-state index in [1.165, 1.54) is 0 Å². The molecule has 0 amide bonds. The topological polar surface area (TPSA) is 134 Å². The summed E-state index contributed by atoms with van der Waals surface area (Å²) in [6, 6.07) is -0.343. The van der Waals surface area contributed by atoms with E-state index in [9.17, 15) is 19.8 Å². The number of nitrogens with zero attached hydrogens (tertiary/aromatic N) is 4. The Morgan fingerprint density at radius 3 is 2.23 bits per heavy atom. The summed E-state index contributed by atoms with van der Waals surface area (Å²) >= 11 is 0. The molecule has 0 saturated carbocycles. The molecule has 3 aliphatic heterocycles. The fourth-order valence-electron chi connectivity index (χ4n) is 6.62. The molecule has 226 valence electrons. The molecule has 2 aromatic rings. The molecule has 3 aliphatic rings. The standard InChI is InChI=1S/C34H38N4O4.Fe/c1-7-21-17(3)25-13-26-19(5)23(9-11-33(39)40)31(37-26)16-32-24(10-12-34(41)42)20(6)28(38-32)15-30-22(8-2)18(4)27(36-30)14-29(21)35-25;/h7-8,13-16,18-19,22-23,26-27H,1-2,9-12H2,3-6H3,(H,39,40)(H,41,42);/q-4;+4/p-1/b25-13-,29-14+,30-15-,31-16-;. The van der Waals surface area contributed by atoms with Crippen LogP contribution in [-0.2, 0) is 33.1 Å². The van der Waals surface area contributed by atoms with Crippen LogP contribution >= 0.6 is 0 Å². The molecule has 43 heavy (non-hydrogen) atoms. The maximum Gasteiger partial charge on any atom is 4.00 e. The number of carbonyl (C=O) groups is 2. The summed E-state index contributed by atoms with van der Waals surface area (Å²) in [6.45, 7) is 16.4. The van der Waals surface area contributed by atoms with Gasteiger partial charge in [-0.25, -0.2) is 0 Å². The van der Waals surface area contributed by atoms with Crippen LogP contribution in [0.25, 0.3) is 41.0 Å². The normalized spacial score (nSPS) is 29.6. The van der Waals surface area contributed by atoms with E-state index < -0.39 is 11.9 Å². The summed E-state index contributed by atoms with van der Waals surface area (Å²) in [4.78, 5) is 32.9. The molecule has 6 atom stereocenters. The zero-order chi connectivity index (χ0) is 30.3. The number of aromatic nitrogens is 2. The SMILES string of the molecule is C=Cc1c(C)/c2[n-]/c1=C/C1[N-]/C(=C\c3[n-]c(c(CCC(=O)O)c3C)/C=C3\[N-]C(\C=2)C(C)C3CCC(=O)[O-])C(C=C)C1C.[Fe+4]. The first-order valence-electron chi connectivity index (χ1n) is 14.6. The molecule has 0 radical (unpaired) electrons. The van der Waals surface area contributed by atoms with Gasteiger partial charge in [0.2, 0.25) is 0 Å². The monoisotopic (exact) mass is 621 g/mol. The minimum Gasteiger partial charge on any atom is -0.682 e. The molecule has 6 unspecified atom stereocenters. The van der Waals surface area contributed by atoms with Gasteiger partial charge in [-0.15, -0.1) is 40.8 Å². The van der Waals surface area contributed by atoms with Gasteiger partial charge in [0.05, 0.1) is 0 Å². The van der Waals surface area contributed by atoms with Crippen molar-refractivity contribution < 1.29 is 36.9 Å². The third kappa shape index (κ3) is 6.20. The predicted octanol–water partition coefficient (Wildman–Crippen LogP) is 3.56. The molecule has 8 bridgehead atoms. The van der Waals surface area contributed by atoms with Crippen molar-refractivity contribution in [1.29, 1.82) is 0 Å². The summed E-state index contributed by atoms with van der Waals surface area (Å²) in [5.74, 6) is -1.93. The van der Waals surface area contributed by atoms with Crippen molar-refractivity contribution in [3.8, 4) is 0 Å².